The molecule has 2 aromatic rings. The van der Waals surface area contributed by atoms with Crippen molar-refractivity contribution >= 4 is 57.2 Å². The summed E-state index contributed by atoms with van der Waals surface area (Å²) < 4.78 is 12.8. The maximum absolute atomic E-state index is 12.9. The van der Waals surface area contributed by atoms with Gasteiger partial charge in [0.15, 0.2) is 0 Å². The van der Waals surface area contributed by atoms with Gasteiger partial charge in [-0.3, -0.25) is 14.5 Å². The van der Waals surface area contributed by atoms with Gasteiger partial charge in [0, 0.05) is 29.3 Å². The molecule has 146 valence electrons. The Balaban J connectivity index is 1.63. The second kappa shape index (κ2) is 8.06. The molecule has 0 N–H and O–H groups in total. The van der Waals surface area contributed by atoms with Crippen LogP contribution in [0.4, 0.5) is 0 Å². The molecule has 0 radical (unpaired) electrons. The molecule has 2 aliphatic rings. The summed E-state index contributed by atoms with van der Waals surface area (Å²) >= 11 is 6.73. The third kappa shape index (κ3) is 3.72. The van der Waals surface area contributed by atoms with E-state index in [1.54, 1.807) is 4.90 Å². The minimum atomic E-state index is -0.324. The lowest BCUT2D eigenvalue weighted by Gasteiger charge is -2.18. The molecule has 0 saturated carbocycles. The largest absolute Gasteiger partial charge is 0.468 e. The number of amides is 1. The third-order valence-corrected chi connectivity index (χ3v) is 6.29. The number of esters is 1. The summed E-state index contributed by atoms with van der Waals surface area (Å²) in [5, 5.41) is 0.968. The first-order valence-corrected chi connectivity index (χ1v) is 10.3. The molecule has 2 fully saturated rings. The lowest BCUT2D eigenvalue weighted by atomic mass is 10.1. The van der Waals surface area contributed by atoms with E-state index in [1.165, 1.54) is 18.9 Å². The van der Waals surface area contributed by atoms with E-state index >= 15 is 0 Å². The van der Waals surface area contributed by atoms with Crippen molar-refractivity contribution in [2.24, 2.45) is 0 Å². The van der Waals surface area contributed by atoms with Gasteiger partial charge >= 0.3 is 5.97 Å². The van der Waals surface area contributed by atoms with Crippen molar-refractivity contribution in [3.63, 3.8) is 0 Å². The molecule has 28 heavy (non-hydrogen) atoms. The molecule has 1 amide bonds. The van der Waals surface area contributed by atoms with Gasteiger partial charge in [-0.25, -0.2) is 0 Å². The number of aromatic nitrogens is 1. The lowest BCUT2D eigenvalue weighted by Crippen LogP contribution is -2.35. The average Bonchev–Trinajstić information content (AvgIpc) is 3.39. The molecule has 6 nitrogen and oxygen atoms in total. The molecule has 1 atom stereocenters. The first kappa shape index (κ1) is 19.2. The van der Waals surface area contributed by atoms with E-state index < -0.39 is 0 Å². The van der Waals surface area contributed by atoms with Crippen molar-refractivity contribution in [2.45, 2.75) is 25.5 Å². The number of hydrogen-bond donors (Lipinski definition) is 0. The fraction of sp³-hybridized carbons (Fsp3) is 0.350. The number of ether oxygens (including phenoxy) is 2. The molecule has 4 rings (SSSR count). The maximum Gasteiger partial charge on any atom is 0.325 e. The minimum absolute atomic E-state index is 0.0591. The molecule has 2 aliphatic heterocycles. The Kier molecular flexibility index (Phi) is 5.52. The number of benzene rings is 1. The summed E-state index contributed by atoms with van der Waals surface area (Å²) in [6, 6.07) is 7.77. The summed E-state index contributed by atoms with van der Waals surface area (Å²) in [4.78, 5) is 26.8. The summed E-state index contributed by atoms with van der Waals surface area (Å²) in [7, 11) is 1.37. The van der Waals surface area contributed by atoms with Crippen molar-refractivity contribution in [3.05, 3.63) is 40.9 Å². The molecule has 0 bridgehead atoms. The van der Waals surface area contributed by atoms with Crippen molar-refractivity contribution in [3.8, 4) is 0 Å². The Morgan fingerprint density at radius 2 is 2.25 bits per heavy atom. The van der Waals surface area contributed by atoms with Gasteiger partial charge in [-0.2, -0.15) is 0 Å². The van der Waals surface area contributed by atoms with Crippen LogP contribution in [0.1, 0.15) is 18.4 Å². The second-order valence-electron chi connectivity index (χ2n) is 6.73. The molecule has 0 spiro atoms. The number of methoxy groups -OCH3 is 1. The zero-order valence-electron chi connectivity index (χ0n) is 15.4. The molecule has 1 aromatic carbocycles. The van der Waals surface area contributed by atoms with Crippen LogP contribution in [0.3, 0.4) is 0 Å². The Bertz CT molecular complexity index is 976. The predicted octanol–water partition coefficient (Wildman–Crippen LogP) is 3.19. The van der Waals surface area contributed by atoms with E-state index in [-0.39, 0.29) is 24.5 Å². The highest BCUT2D eigenvalue weighted by molar-refractivity contribution is 8.26. The number of thioether (sulfide) groups is 1. The normalized spacial score (nSPS) is 21.2. The van der Waals surface area contributed by atoms with Crippen LogP contribution >= 0.6 is 24.0 Å². The van der Waals surface area contributed by atoms with Crippen molar-refractivity contribution in [2.75, 3.05) is 20.3 Å². The average molecular weight is 417 g/mol. The molecule has 8 heteroatoms. The second-order valence-corrected chi connectivity index (χ2v) is 8.41. The van der Waals surface area contributed by atoms with Crippen molar-refractivity contribution in [1.82, 2.24) is 9.47 Å². The predicted molar refractivity (Wildman–Crippen MR) is 113 cm³/mol. The Morgan fingerprint density at radius 1 is 1.43 bits per heavy atom. The van der Waals surface area contributed by atoms with Gasteiger partial charge in [0.1, 0.15) is 10.9 Å². The Hall–Kier alpha value is -2.16. The highest BCUT2D eigenvalue weighted by atomic mass is 32.2. The summed E-state index contributed by atoms with van der Waals surface area (Å²) in [6.45, 7) is 1.37. The van der Waals surface area contributed by atoms with Crippen LogP contribution in [0.2, 0.25) is 0 Å². The van der Waals surface area contributed by atoms with E-state index in [0.29, 0.717) is 15.8 Å². The summed E-state index contributed by atoms with van der Waals surface area (Å²) in [6.07, 6.45) is 5.76. The van der Waals surface area contributed by atoms with E-state index in [2.05, 4.69) is 0 Å². The van der Waals surface area contributed by atoms with Crippen LogP contribution in [0.15, 0.2) is 35.4 Å². The molecule has 0 unspecified atom stereocenters. The standard InChI is InChI=1S/C20H20N2O4S2/c1-25-18(23)12-21-10-13(15-6-2-3-7-16(15)21)9-17-19(24)22(20(27)28-17)11-14-5-4-8-26-14/h2-3,6-7,9-10,14H,4-5,8,11-12H2,1H3/b17-9-/t14-/m0/s1. The number of hydrogen-bond acceptors (Lipinski definition) is 6. The van der Waals surface area contributed by atoms with Gasteiger partial charge in [0.25, 0.3) is 5.91 Å². The smallest absolute Gasteiger partial charge is 0.325 e. The number of para-hydroxylation sites is 1. The highest BCUT2D eigenvalue weighted by Crippen LogP contribution is 2.35. The number of carbonyl (C=O) groups is 2. The summed E-state index contributed by atoms with van der Waals surface area (Å²) in [5.41, 5.74) is 1.78. The fourth-order valence-corrected chi connectivity index (χ4v) is 4.78. The Morgan fingerprint density at radius 3 is 3.00 bits per heavy atom. The Labute approximate surface area is 172 Å². The van der Waals surface area contributed by atoms with Gasteiger partial charge < -0.3 is 14.0 Å². The summed E-state index contributed by atoms with van der Waals surface area (Å²) in [5.74, 6) is -0.412. The highest BCUT2D eigenvalue weighted by Gasteiger charge is 2.34. The van der Waals surface area contributed by atoms with Crippen LogP contribution in [-0.2, 0) is 25.6 Å². The first-order valence-electron chi connectivity index (χ1n) is 9.08. The number of thiocarbonyl (C=S) groups is 1. The lowest BCUT2D eigenvalue weighted by molar-refractivity contribution is -0.141. The molecular weight excluding hydrogens is 396 g/mol. The van der Waals surface area contributed by atoms with Gasteiger partial charge in [-0.15, -0.1) is 0 Å². The molecule has 2 saturated heterocycles. The SMILES string of the molecule is COC(=O)Cn1cc(/C=C2\SC(=S)N(C[C@@H]3CCCO3)C2=O)c2ccccc21. The maximum atomic E-state index is 12.9. The van der Waals surface area contributed by atoms with Gasteiger partial charge in [0.2, 0.25) is 0 Å². The third-order valence-electron chi connectivity index (χ3n) is 4.92. The monoisotopic (exact) mass is 416 g/mol. The number of carbonyl (C=O) groups excluding carboxylic acids is 2. The minimum Gasteiger partial charge on any atom is -0.468 e. The van der Waals surface area contributed by atoms with Gasteiger partial charge in [-0.05, 0) is 25.0 Å². The zero-order valence-corrected chi connectivity index (χ0v) is 17.1. The molecule has 1 aromatic heterocycles. The zero-order chi connectivity index (χ0) is 19.7. The number of fused-ring (bicyclic) bond motifs is 1. The van der Waals surface area contributed by atoms with E-state index in [4.69, 9.17) is 21.7 Å². The van der Waals surface area contributed by atoms with Gasteiger partial charge in [-0.1, -0.05) is 42.2 Å². The van der Waals surface area contributed by atoms with E-state index in [0.717, 1.165) is 35.9 Å². The molecule has 3 heterocycles. The van der Waals surface area contributed by atoms with Crippen molar-refractivity contribution < 1.29 is 19.1 Å². The fourth-order valence-electron chi connectivity index (χ4n) is 3.52. The number of rotatable bonds is 5. The van der Waals surface area contributed by atoms with Crippen LogP contribution in [-0.4, -0.2) is 52.0 Å². The van der Waals surface area contributed by atoms with Crippen LogP contribution in [0.25, 0.3) is 17.0 Å². The molecule has 0 aliphatic carbocycles. The van der Waals surface area contributed by atoms with Crippen LogP contribution in [0.5, 0.6) is 0 Å². The topological polar surface area (TPSA) is 60.8 Å². The van der Waals surface area contributed by atoms with Crippen LogP contribution < -0.4 is 0 Å². The molecular formula is C20H20N2O4S2. The quantitative estimate of drug-likeness (QED) is 0.424. The first-order chi connectivity index (χ1) is 13.6. The van der Waals surface area contributed by atoms with Crippen LogP contribution in [0, 0.1) is 0 Å². The van der Waals surface area contributed by atoms with Gasteiger partial charge in [0.05, 0.1) is 24.7 Å². The number of nitrogens with zero attached hydrogens (tertiary/aromatic N) is 2. The van der Waals surface area contributed by atoms with E-state index in [1.807, 2.05) is 41.1 Å². The van der Waals surface area contributed by atoms with E-state index in [9.17, 15) is 9.59 Å². The van der Waals surface area contributed by atoms with Crippen molar-refractivity contribution in [1.29, 1.82) is 0 Å².